The summed E-state index contributed by atoms with van der Waals surface area (Å²) in [6.07, 6.45) is 8.34. The van der Waals surface area contributed by atoms with Crippen molar-refractivity contribution in [2.75, 3.05) is 0 Å². The molecule has 0 nitrogen and oxygen atoms in total. The minimum atomic E-state index is -0.246. The first kappa shape index (κ1) is 20.0. The predicted octanol–water partition coefficient (Wildman–Crippen LogP) is 8.66. The van der Waals surface area contributed by atoms with Crippen LogP contribution in [0, 0.1) is 0 Å². The van der Waals surface area contributed by atoms with Gasteiger partial charge in [-0.05, 0) is 68.8 Å². The Hall–Kier alpha value is -3.64. The van der Waals surface area contributed by atoms with E-state index in [2.05, 4.69) is 117 Å². The second kappa shape index (κ2) is 7.74. The standard InChI is InChI=1S/C33H28/c1-3-5-6-13-23(4-2)24-20-21-28-27-16-9-12-19-31(27)33(32(28)22-24)29-17-10-7-14-25(29)26-15-8-11-18-30(26)33/h3,5-12,14-23H,1,4,13H2,2H3. The quantitative estimate of drug-likeness (QED) is 0.243. The Morgan fingerprint density at radius 2 is 1.21 bits per heavy atom. The predicted molar refractivity (Wildman–Crippen MR) is 140 cm³/mol. The maximum atomic E-state index is 3.83. The molecule has 4 aromatic carbocycles. The van der Waals surface area contributed by atoms with Crippen LogP contribution in [0.5, 0.6) is 0 Å². The Labute approximate surface area is 196 Å². The van der Waals surface area contributed by atoms with Gasteiger partial charge in [0.2, 0.25) is 0 Å². The molecular weight excluding hydrogens is 396 g/mol. The number of fused-ring (bicyclic) bond motifs is 10. The van der Waals surface area contributed by atoms with Gasteiger partial charge in [0, 0.05) is 0 Å². The van der Waals surface area contributed by atoms with Crippen molar-refractivity contribution in [2.45, 2.75) is 31.1 Å². The molecule has 0 saturated heterocycles. The zero-order valence-corrected chi connectivity index (χ0v) is 19.1. The van der Waals surface area contributed by atoms with Gasteiger partial charge in [-0.3, -0.25) is 0 Å². The highest BCUT2D eigenvalue weighted by atomic mass is 14.5. The molecule has 0 radical (unpaired) electrons. The second-order valence-corrected chi connectivity index (χ2v) is 9.20. The molecule has 0 heteroatoms. The largest absolute Gasteiger partial charge is 0.0991 e. The maximum Gasteiger partial charge on any atom is 0.0725 e. The minimum Gasteiger partial charge on any atom is -0.0991 e. The number of rotatable bonds is 5. The zero-order valence-electron chi connectivity index (χ0n) is 19.1. The van der Waals surface area contributed by atoms with Gasteiger partial charge in [-0.15, -0.1) is 0 Å². The van der Waals surface area contributed by atoms with E-state index in [-0.39, 0.29) is 5.41 Å². The van der Waals surface area contributed by atoms with Crippen molar-refractivity contribution in [1.82, 2.24) is 0 Å². The summed E-state index contributed by atoms with van der Waals surface area (Å²) in [5, 5.41) is 0. The summed E-state index contributed by atoms with van der Waals surface area (Å²) in [6, 6.07) is 34.3. The first-order chi connectivity index (χ1) is 16.3. The fourth-order valence-electron chi connectivity index (χ4n) is 6.24. The molecule has 33 heavy (non-hydrogen) atoms. The van der Waals surface area contributed by atoms with Crippen LogP contribution in [-0.2, 0) is 5.41 Å². The molecule has 2 aliphatic carbocycles. The highest BCUT2D eigenvalue weighted by Crippen LogP contribution is 2.62. The lowest BCUT2D eigenvalue weighted by Crippen LogP contribution is -2.26. The van der Waals surface area contributed by atoms with Crippen LogP contribution in [-0.4, -0.2) is 0 Å². The smallest absolute Gasteiger partial charge is 0.0725 e. The molecule has 2 aliphatic rings. The Bertz CT molecular complexity index is 1340. The Kier molecular flexibility index (Phi) is 4.69. The molecule has 0 aromatic heterocycles. The minimum absolute atomic E-state index is 0.246. The van der Waals surface area contributed by atoms with Crippen LogP contribution >= 0.6 is 0 Å². The SMILES string of the molecule is C=CC=CCC(CC)c1ccc2c(c1)C1(c3ccccc3-c3ccccc31)c1ccccc1-2. The summed E-state index contributed by atoms with van der Waals surface area (Å²) in [6.45, 7) is 6.13. The third-order valence-electron chi connectivity index (χ3n) is 7.68. The second-order valence-electron chi connectivity index (χ2n) is 9.20. The van der Waals surface area contributed by atoms with Crippen molar-refractivity contribution < 1.29 is 0 Å². The van der Waals surface area contributed by atoms with Crippen LogP contribution in [0.3, 0.4) is 0 Å². The van der Waals surface area contributed by atoms with Crippen LogP contribution in [0.25, 0.3) is 22.3 Å². The fourth-order valence-corrected chi connectivity index (χ4v) is 6.24. The average molecular weight is 425 g/mol. The van der Waals surface area contributed by atoms with Gasteiger partial charge < -0.3 is 0 Å². The lowest BCUT2D eigenvalue weighted by atomic mass is 9.70. The molecule has 160 valence electrons. The van der Waals surface area contributed by atoms with E-state index in [9.17, 15) is 0 Å². The summed E-state index contributed by atoms with van der Waals surface area (Å²) in [5.74, 6) is 0.499. The van der Waals surface area contributed by atoms with E-state index in [0.29, 0.717) is 5.92 Å². The highest BCUT2D eigenvalue weighted by Gasteiger charge is 2.51. The van der Waals surface area contributed by atoms with Crippen LogP contribution in [0.1, 0.15) is 53.5 Å². The molecule has 4 aromatic rings. The first-order valence-electron chi connectivity index (χ1n) is 12.0. The van der Waals surface area contributed by atoms with Crippen LogP contribution in [0.4, 0.5) is 0 Å². The molecule has 1 unspecified atom stereocenters. The molecular formula is C33H28. The van der Waals surface area contributed by atoms with Crippen LogP contribution < -0.4 is 0 Å². The zero-order chi connectivity index (χ0) is 22.4. The summed E-state index contributed by atoms with van der Waals surface area (Å²) in [7, 11) is 0. The van der Waals surface area contributed by atoms with Crippen molar-refractivity contribution >= 4 is 0 Å². The molecule has 1 spiro atoms. The third kappa shape index (κ3) is 2.70. The molecule has 0 heterocycles. The summed E-state index contributed by atoms with van der Waals surface area (Å²) in [4.78, 5) is 0. The number of allylic oxidation sites excluding steroid dienone is 3. The van der Waals surface area contributed by atoms with Gasteiger partial charge >= 0.3 is 0 Å². The summed E-state index contributed by atoms with van der Waals surface area (Å²) < 4.78 is 0. The van der Waals surface area contributed by atoms with Gasteiger partial charge in [0.15, 0.2) is 0 Å². The molecule has 0 aliphatic heterocycles. The van der Waals surface area contributed by atoms with Gasteiger partial charge in [-0.1, -0.05) is 123 Å². The van der Waals surface area contributed by atoms with E-state index in [0.717, 1.165) is 12.8 Å². The van der Waals surface area contributed by atoms with E-state index >= 15 is 0 Å². The Morgan fingerprint density at radius 1 is 0.697 bits per heavy atom. The maximum absolute atomic E-state index is 3.83. The third-order valence-corrected chi connectivity index (χ3v) is 7.68. The van der Waals surface area contributed by atoms with Gasteiger partial charge in [0.25, 0.3) is 0 Å². The Morgan fingerprint density at radius 3 is 1.73 bits per heavy atom. The topological polar surface area (TPSA) is 0 Å². The van der Waals surface area contributed by atoms with Gasteiger partial charge in [0.1, 0.15) is 0 Å². The van der Waals surface area contributed by atoms with Crippen LogP contribution in [0.2, 0.25) is 0 Å². The molecule has 0 fully saturated rings. The average Bonchev–Trinajstić information content (AvgIpc) is 3.34. The molecule has 1 atom stereocenters. The van der Waals surface area contributed by atoms with E-state index < -0.39 is 0 Å². The van der Waals surface area contributed by atoms with Crippen molar-refractivity contribution in [3.8, 4) is 22.3 Å². The number of hydrogen-bond acceptors (Lipinski definition) is 0. The molecule has 0 N–H and O–H groups in total. The Balaban J connectivity index is 1.66. The van der Waals surface area contributed by atoms with Crippen molar-refractivity contribution in [1.29, 1.82) is 0 Å². The molecule has 6 rings (SSSR count). The van der Waals surface area contributed by atoms with Crippen molar-refractivity contribution in [2.24, 2.45) is 0 Å². The monoisotopic (exact) mass is 424 g/mol. The van der Waals surface area contributed by atoms with E-state index in [4.69, 9.17) is 0 Å². The van der Waals surface area contributed by atoms with Crippen LogP contribution in [0.15, 0.2) is 116 Å². The van der Waals surface area contributed by atoms with Gasteiger partial charge in [0.05, 0.1) is 5.41 Å². The van der Waals surface area contributed by atoms with E-state index in [1.54, 1.807) is 0 Å². The number of benzene rings is 4. The fraction of sp³-hybridized carbons (Fsp3) is 0.152. The summed E-state index contributed by atoms with van der Waals surface area (Å²) >= 11 is 0. The lowest BCUT2D eigenvalue weighted by Gasteiger charge is -2.31. The first-order valence-corrected chi connectivity index (χ1v) is 12.0. The van der Waals surface area contributed by atoms with Crippen molar-refractivity contribution in [3.05, 3.63) is 144 Å². The summed E-state index contributed by atoms with van der Waals surface area (Å²) in [5.41, 5.74) is 12.3. The molecule has 0 saturated carbocycles. The lowest BCUT2D eigenvalue weighted by molar-refractivity contribution is 0.671. The van der Waals surface area contributed by atoms with Crippen molar-refractivity contribution in [3.63, 3.8) is 0 Å². The normalized spacial score (nSPS) is 15.2. The molecule has 0 amide bonds. The number of hydrogen-bond donors (Lipinski definition) is 0. The molecule has 0 bridgehead atoms. The van der Waals surface area contributed by atoms with E-state index in [1.807, 2.05) is 6.08 Å². The van der Waals surface area contributed by atoms with Gasteiger partial charge in [-0.2, -0.15) is 0 Å². The van der Waals surface area contributed by atoms with Gasteiger partial charge in [-0.25, -0.2) is 0 Å². The highest BCUT2D eigenvalue weighted by molar-refractivity contribution is 5.94. The van der Waals surface area contributed by atoms with E-state index in [1.165, 1.54) is 50.1 Å².